The molecule has 140 valence electrons. The highest BCUT2D eigenvalue weighted by Crippen LogP contribution is 2.49. The highest BCUT2D eigenvalue weighted by atomic mass is 16.5. The SMILES string of the molecule is COc1ccc(CC#N)cc1[C@H]1CO[C@]2(CCCN[C@H]2c2ccccc2)C1. The predicted octanol–water partition coefficient (Wildman–Crippen LogP) is 4.13. The molecular formula is C23H26N2O2. The normalized spacial score (nSPS) is 27.4. The van der Waals surface area contributed by atoms with E-state index in [0.29, 0.717) is 13.0 Å². The van der Waals surface area contributed by atoms with Crippen LogP contribution in [0.3, 0.4) is 0 Å². The average Bonchev–Trinajstić information content (AvgIpc) is 3.13. The van der Waals surface area contributed by atoms with E-state index >= 15 is 0 Å². The van der Waals surface area contributed by atoms with Crippen LogP contribution in [-0.2, 0) is 11.2 Å². The smallest absolute Gasteiger partial charge is 0.122 e. The Morgan fingerprint density at radius 2 is 2.11 bits per heavy atom. The number of nitriles is 1. The molecule has 0 aromatic heterocycles. The molecular weight excluding hydrogens is 336 g/mol. The zero-order chi connectivity index (χ0) is 18.7. The molecule has 2 aromatic rings. The van der Waals surface area contributed by atoms with Gasteiger partial charge in [-0.25, -0.2) is 0 Å². The first-order valence-electron chi connectivity index (χ1n) is 9.72. The van der Waals surface area contributed by atoms with Crippen molar-refractivity contribution in [3.05, 3.63) is 65.2 Å². The highest BCUT2D eigenvalue weighted by molar-refractivity contribution is 5.42. The van der Waals surface area contributed by atoms with Gasteiger partial charge in [-0.2, -0.15) is 5.26 Å². The van der Waals surface area contributed by atoms with Crippen molar-refractivity contribution in [2.45, 2.75) is 43.2 Å². The summed E-state index contributed by atoms with van der Waals surface area (Å²) in [6.07, 6.45) is 3.58. The van der Waals surface area contributed by atoms with Gasteiger partial charge in [-0.1, -0.05) is 42.5 Å². The van der Waals surface area contributed by atoms with E-state index in [1.54, 1.807) is 7.11 Å². The van der Waals surface area contributed by atoms with E-state index in [0.717, 1.165) is 37.1 Å². The number of hydrogen-bond acceptors (Lipinski definition) is 4. The second-order valence-electron chi connectivity index (χ2n) is 7.59. The van der Waals surface area contributed by atoms with Crippen LogP contribution in [0.2, 0.25) is 0 Å². The molecule has 0 saturated carbocycles. The third-order valence-electron chi connectivity index (χ3n) is 5.97. The monoisotopic (exact) mass is 362 g/mol. The lowest BCUT2D eigenvalue weighted by molar-refractivity contribution is -0.0484. The summed E-state index contributed by atoms with van der Waals surface area (Å²) in [5.74, 6) is 1.17. The van der Waals surface area contributed by atoms with Crippen molar-refractivity contribution in [1.29, 1.82) is 5.26 Å². The summed E-state index contributed by atoms with van der Waals surface area (Å²) < 4.78 is 12.2. The maximum atomic E-state index is 9.05. The molecule has 2 aromatic carbocycles. The number of benzene rings is 2. The minimum Gasteiger partial charge on any atom is -0.496 e. The quantitative estimate of drug-likeness (QED) is 0.889. The van der Waals surface area contributed by atoms with Gasteiger partial charge in [0.25, 0.3) is 0 Å². The number of rotatable bonds is 4. The Morgan fingerprint density at radius 1 is 1.26 bits per heavy atom. The maximum absolute atomic E-state index is 9.05. The molecule has 3 atom stereocenters. The lowest BCUT2D eigenvalue weighted by Crippen LogP contribution is -2.48. The topological polar surface area (TPSA) is 54.3 Å². The largest absolute Gasteiger partial charge is 0.496 e. The highest BCUT2D eigenvalue weighted by Gasteiger charge is 2.49. The van der Waals surface area contributed by atoms with Gasteiger partial charge in [0.05, 0.1) is 37.8 Å². The fraction of sp³-hybridized carbons (Fsp3) is 0.435. The predicted molar refractivity (Wildman–Crippen MR) is 105 cm³/mol. The Kier molecular flexibility index (Phi) is 5.15. The van der Waals surface area contributed by atoms with Crippen LogP contribution < -0.4 is 10.1 Å². The number of nitrogens with one attached hydrogen (secondary N) is 1. The van der Waals surface area contributed by atoms with Crippen molar-refractivity contribution < 1.29 is 9.47 Å². The summed E-state index contributed by atoms with van der Waals surface area (Å²) in [4.78, 5) is 0. The molecule has 0 bridgehead atoms. The minimum atomic E-state index is -0.180. The van der Waals surface area contributed by atoms with Gasteiger partial charge in [-0.15, -0.1) is 0 Å². The van der Waals surface area contributed by atoms with Crippen molar-refractivity contribution >= 4 is 0 Å². The molecule has 4 rings (SSSR count). The summed E-state index contributed by atoms with van der Waals surface area (Å²) in [5.41, 5.74) is 3.32. The molecule has 1 N–H and O–H groups in total. The summed E-state index contributed by atoms with van der Waals surface area (Å²) in [6, 6.07) is 19.2. The van der Waals surface area contributed by atoms with Gasteiger partial charge < -0.3 is 14.8 Å². The molecule has 2 aliphatic heterocycles. The van der Waals surface area contributed by atoms with Crippen LogP contribution >= 0.6 is 0 Å². The van der Waals surface area contributed by atoms with Crippen LogP contribution in [0.1, 0.15) is 47.9 Å². The average molecular weight is 362 g/mol. The lowest BCUT2D eigenvalue weighted by Gasteiger charge is -2.41. The zero-order valence-corrected chi connectivity index (χ0v) is 15.8. The number of nitrogens with zero attached hydrogens (tertiary/aromatic N) is 1. The van der Waals surface area contributed by atoms with Crippen molar-refractivity contribution in [2.75, 3.05) is 20.3 Å². The van der Waals surface area contributed by atoms with Crippen LogP contribution in [0.4, 0.5) is 0 Å². The zero-order valence-electron chi connectivity index (χ0n) is 15.8. The molecule has 27 heavy (non-hydrogen) atoms. The molecule has 2 heterocycles. The first kappa shape index (κ1) is 18.0. The van der Waals surface area contributed by atoms with E-state index < -0.39 is 0 Å². The molecule has 0 radical (unpaired) electrons. The van der Waals surface area contributed by atoms with Crippen molar-refractivity contribution in [1.82, 2.24) is 5.32 Å². The Bertz CT molecular complexity index is 830. The Labute approximate surface area is 161 Å². The summed E-state index contributed by atoms with van der Waals surface area (Å²) >= 11 is 0. The summed E-state index contributed by atoms with van der Waals surface area (Å²) in [5, 5.41) is 12.7. The van der Waals surface area contributed by atoms with Gasteiger partial charge in [-0.05, 0) is 48.6 Å². The number of ether oxygens (including phenoxy) is 2. The van der Waals surface area contributed by atoms with Gasteiger partial charge in [0, 0.05) is 5.92 Å². The van der Waals surface area contributed by atoms with E-state index in [1.165, 1.54) is 11.1 Å². The number of methoxy groups -OCH3 is 1. The molecule has 2 fully saturated rings. The first-order valence-corrected chi connectivity index (χ1v) is 9.72. The van der Waals surface area contributed by atoms with Gasteiger partial charge in [-0.3, -0.25) is 0 Å². The van der Waals surface area contributed by atoms with E-state index in [1.807, 2.05) is 12.1 Å². The number of piperidine rings is 1. The van der Waals surface area contributed by atoms with Gasteiger partial charge in [0.2, 0.25) is 0 Å². The van der Waals surface area contributed by atoms with E-state index in [9.17, 15) is 0 Å². The third kappa shape index (κ3) is 3.45. The van der Waals surface area contributed by atoms with E-state index in [-0.39, 0.29) is 17.6 Å². The minimum absolute atomic E-state index is 0.180. The maximum Gasteiger partial charge on any atom is 0.122 e. The van der Waals surface area contributed by atoms with Gasteiger partial charge >= 0.3 is 0 Å². The molecule has 4 nitrogen and oxygen atoms in total. The fourth-order valence-corrected chi connectivity index (χ4v) is 4.71. The van der Waals surface area contributed by atoms with Gasteiger partial charge in [0.15, 0.2) is 0 Å². The molecule has 0 unspecified atom stereocenters. The standard InChI is InChI=1S/C23H26N2O2/c1-26-21-9-8-17(10-12-24)14-20(21)19-15-23(27-16-19)11-5-13-25-22(23)18-6-3-2-4-7-18/h2-4,6-9,14,19,22,25H,5,10-11,13,15-16H2,1H3/t19-,22+,23-/m1/s1. The van der Waals surface area contributed by atoms with Crippen molar-refractivity contribution in [2.24, 2.45) is 0 Å². The molecule has 0 aliphatic carbocycles. The molecule has 0 amide bonds. The van der Waals surface area contributed by atoms with Crippen LogP contribution in [0.5, 0.6) is 5.75 Å². The van der Waals surface area contributed by atoms with Gasteiger partial charge in [0.1, 0.15) is 5.75 Å². The first-order chi connectivity index (χ1) is 13.3. The Morgan fingerprint density at radius 3 is 2.89 bits per heavy atom. The third-order valence-corrected chi connectivity index (χ3v) is 5.97. The molecule has 4 heteroatoms. The Balaban J connectivity index is 1.64. The lowest BCUT2D eigenvalue weighted by atomic mass is 9.76. The number of hydrogen-bond donors (Lipinski definition) is 1. The second-order valence-corrected chi connectivity index (χ2v) is 7.59. The fourth-order valence-electron chi connectivity index (χ4n) is 4.71. The van der Waals surface area contributed by atoms with Crippen LogP contribution in [0.15, 0.2) is 48.5 Å². The summed E-state index contributed by atoms with van der Waals surface area (Å²) in [6.45, 7) is 1.72. The van der Waals surface area contributed by atoms with E-state index in [2.05, 4.69) is 47.8 Å². The molecule has 2 aliphatic rings. The molecule has 2 saturated heterocycles. The van der Waals surface area contributed by atoms with Crippen LogP contribution in [0.25, 0.3) is 0 Å². The van der Waals surface area contributed by atoms with E-state index in [4.69, 9.17) is 14.7 Å². The molecule has 1 spiro atoms. The summed E-state index contributed by atoms with van der Waals surface area (Å²) in [7, 11) is 1.71. The Hall–Kier alpha value is -2.35. The van der Waals surface area contributed by atoms with Crippen LogP contribution in [-0.4, -0.2) is 25.9 Å². The van der Waals surface area contributed by atoms with Crippen molar-refractivity contribution in [3.63, 3.8) is 0 Å². The van der Waals surface area contributed by atoms with Crippen molar-refractivity contribution in [3.8, 4) is 11.8 Å². The second kappa shape index (κ2) is 7.72. The van der Waals surface area contributed by atoms with Crippen LogP contribution in [0, 0.1) is 11.3 Å².